The van der Waals surface area contributed by atoms with Gasteiger partial charge >= 0.3 is 12.1 Å². The third-order valence-electron chi connectivity index (χ3n) is 6.80. The molecular weight excluding hydrogens is 488 g/mol. The fourth-order valence-electron chi connectivity index (χ4n) is 4.82. The molecule has 12 nitrogen and oxygen atoms in total. The largest absolute Gasteiger partial charge is 0.444 e. The molecule has 2 amide bonds. The third kappa shape index (κ3) is 6.70. The standard InChI is InChI=1S/C26H40N8O4/c1-7-34(20-9-12-32(13-10-20)24-30-21(17(2)3)31-38-24)22(35)18-14-27-23(28-15-18)33-11-8-19(16-33)29-25(36)37-26(4,5)6/h14-15,17,19-20H,7-13,16H2,1-6H3,(H,29,36). The molecule has 2 saturated heterocycles. The molecule has 2 fully saturated rings. The number of alkyl carbamates (subject to hydrolysis) is 1. The summed E-state index contributed by atoms with van der Waals surface area (Å²) in [5.41, 5.74) is -0.0674. The lowest BCUT2D eigenvalue weighted by atomic mass is 10.0. The van der Waals surface area contributed by atoms with Gasteiger partial charge in [0.15, 0.2) is 5.82 Å². The number of ether oxygens (including phenoxy) is 1. The van der Waals surface area contributed by atoms with E-state index in [-0.39, 0.29) is 23.9 Å². The molecular formula is C26H40N8O4. The summed E-state index contributed by atoms with van der Waals surface area (Å²) in [6.07, 6.45) is 5.18. The van der Waals surface area contributed by atoms with Crippen LogP contribution in [-0.4, -0.2) is 87.4 Å². The molecule has 0 bridgehead atoms. The second-order valence-corrected chi connectivity index (χ2v) is 11.2. The summed E-state index contributed by atoms with van der Waals surface area (Å²) < 4.78 is 10.8. The van der Waals surface area contributed by atoms with Gasteiger partial charge in [-0.15, -0.1) is 0 Å². The van der Waals surface area contributed by atoms with Gasteiger partial charge in [-0.05, 0) is 47.0 Å². The monoisotopic (exact) mass is 528 g/mol. The van der Waals surface area contributed by atoms with Gasteiger partial charge in [-0.3, -0.25) is 4.79 Å². The average Bonchev–Trinajstić information content (AvgIpc) is 3.54. The molecule has 4 heterocycles. The van der Waals surface area contributed by atoms with Crippen LogP contribution in [0.3, 0.4) is 0 Å². The van der Waals surface area contributed by atoms with Crippen molar-refractivity contribution in [3.63, 3.8) is 0 Å². The van der Waals surface area contributed by atoms with E-state index in [1.807, 2.05) is 51.3 Å². The number of hydrogen-bond acceptors (Lipinski definition) is 10. The number of nitrogens with zero attached hydrogens (tertiary/aromatic N) is 7. The number of aromatic nitrogens is 4. The molecule has 4 rings (SSSR count). The van der Waals surface area contributed by atoms with E-state index < -0.39 is 11.7 Å². The van der Waals surface area contributed by atoms with Gasteiger partial charge in [0.2, 0.25) is 5.95 Å². The Morgan fingerprint density at radius 3 is 2.37 bits per heavy atom. The Bertz CT molecular complexity index is 1090. The average molecular weight is 529 g/mol. The summed E-state index contributed by atoms with van der Waals surface area (Å²) in [6.45, 7) is 15.0. The molecule has 12 heteroatoms. The number of carbonyl (C=O) groups excluding carboxylic acids is 2. The molecule has 0 aliphatic carbocycles. The van der Waals surface area contributed by atoms with Crippen LogP contribution in [0.5, 0.6) is 0 Å². The van der Waals surface area contributed by atoms with Gasteiger partial charge in [0.05, 0.1) is 11.6 Å². The fraction of sp³-hybridized carbons (Fsp3) is 0.692. The number of anilines is 2. The lowest BCUT2D eigenvalue weighted by Gasteiger charge is -2.37. The van der Waals surface area contributed by atoms with Gasteiger partial charge in [0, 0.05) is 57.1 Å². The van der Waals surface area contributed by atoms with Crippen LogP contribution in [0, 0.1) is 0 Å². The summed E-state index contributed by atoms with van der Waals surface area (Å²) >= 11 is 0. The maximum absolute atomic E-state index is 13.3. The highest BCUT2D eigenvalue weighted by atomic mass is 16.6. The SMILES string of the molecule is CCN(C(=O)c1cnc(N2CCC(NC(=O)OC(C)(C)C)C2)nc1)C1CCN(c2nc(C(C)C)no2)CC1. The first-order valence-corrected chi connectivity index (χ1v) is 13.5. The second kappa shape index (κ2) is 11.5. The summed E-state index contributed by atoms with van der Waals surface area (Å²) in [4.78, 5) is 44.9. The van der Waals surface area contributed by atoms with Crippen LogP contribution < -0.4 is 15.1 Å². The Hall–Kier alpha value is -3.44. The van der Waals surface area contributed by atoms with E-state index in [1.165, 1.54) is 0 Å². The smallest absolute Gasteiger partial charge is 0.407 e. The molecule has 0 spiro atoms. The number of rotatable bonds is 7. The highest BCUT2D eigenvalue weighted by Gasteiger charge is 2.31. The van der Waals surface area contributed by atoms with Crippen molar-refractivity contribution < 1.29 is 18.8 Å². The normalized spacial score (nSPS) is 18.7. The van der Waals surface area contributed by atoms with Crippen molar-refractivity contribution >= 4 is 24.0 Å². The summed E-state index contributed by atoms with van der Waals surface area (Å²) in [5.74, 6) is 1.40. The first kappa shape index (κ1) is 27.6. The van der Waals surface area contributed by atoms with Crippen molar-refractivity contribution in [2.75, 3.05) is 42.5 Å². The molecule has 2 aromatic rings. The van der Waals surface area contributed by atoms with E-state index in [1.54, 1.807) is 12.4 Å². The minimum absolute atomic E-state index is 0.0414. The summed E-state index contributed by atoms with van der Waals surface area (Å²) in [5, 5.41) is 6.97. The zero-order valence-electron chi connectivity index (χ0n) is 23.3. The second-order valence-electron chi connectivity index (χ2n) is 11.2. The van der Waals surface area contributed by atoms with Crippen molar-refractivity contribution in [1.82, 2.24) is 30.3 Å². The van der Waals surface area contributed by atoms with Crippen molar-refractivity contribution in [3.8, 4) is 0 Å². The van der Waals surface area contributed by atoms with Crippen LogP contribution in [0.1, 0.15) is 82.9 Å². The Morgan fingerprint density at radius 1 is 1.13 bits per heavy atom. The highest BCUT2D eigenvalue weighted by Crippen LogP contribution is 2.24. The minimum atomic E-state index is -0.539. The van der Waals surface area contributed by atoms with Gasteiger partial charge in [0.25, 0.3) is 5.91 Å². The van der Waals surface area contributed by atoms with Gasteiger partial charge in [-0.25, -0.2) is 14.8 Å². The molecule has 2 aliphatic rings. The predicted octanol–water partition coefficient (Wildman–Crippen LogP) is 3.22. The van der Waals surface area contributed by atoms with Crippen molar-refractivity contribution in [2.24, 2.45) is 0 Å². The van der Waals surface area contributed by atoms with Crippen LogP contribution in [0.4, 0.5) is 16.8 Å². The Morgan fingerprint density at radius 2 is 1.79 bits per heavy atom. The zero-order chi connectivity index (χ0) is 27.4. The molecule has 0 radical (unpaired) electrons. The van der Waals surface area contributed by atoms with E-state index in [0.29, 0.717) is 43.0 Å². The number of hydrogen-bond donors (Lipinski definition) is 1. The van der Waals surface area contributed by atoms with Crippen molar-refractivity contribution in [3.05, 3.63) is 23.8 Å². The van der Waals surface area contributed by atoms with Gasteiger partial charge in [-0.2, -0.15) is 4.98 Å². The molecule has 0 aromatic carbocycles. The maximum atomic E-state index is 13.3. The minimum Gasteiger partial charge on any atom is -0.444 e. The Labute approximate surface area is 224 Å². The highest BCUT2D eigenvalue weighted by molar-refractivity contribution is 5.94. The van der Waals surface area contributed by atoms with E-state index in [4.69, 9.17) is 9.26 Å². The quantitative estimate of drug-likeness (QED) is 0.572. The number of piperidine rings is 1. The number of nitrogens with one attached hydrogen (secondary N) is 1. The lowest BCUT2D eigenvalue weighted by molar-refractivity contribution is 0.0508. The first-order valence-electron chi connectivity index (χ1n) is 13.5. The molecule has 1 unspecified atom stereocenters. The zero-order valence-corrected chi connectivity index (χ0v) is 23.3. The fourth-order valence-corrected chi connectivity index (χ4v) is 4.82. The molecule has 2 aromatic heterocycles. The number of amides is 2. The van der Waals surface area contributed by atoms with E-state index in [9.17, 15) is 9.59 Å². The maximum Gasteiger partial charge on any atom is 0.407 e. The Balaban J connectivity index is 1.30. The first-order chi connectivity index (χ1) is 18.0. The van der Waals surface area contributed by atoms with Gasteiger partial charge in [-0.1, -0.05) is 19.0 Å². The molecule has 2 aliphatic heterocycles. The topological polar surface area (TPSA) is 130 Å². The van der Waals surface area contributed by atoms with E-state index in [0.717, 1.165) is 32.4 Å². The summed E-state index contributed by atoms with van der Waals surface area (Å²) in [6, 6.07) is 0.630. The lowest BCUT2D eigenvalue weighted by Crippen LogP contribution is -2.47. The molecule has 208 valence electrons. The molecule has 0 saturated carbocycles. The van der Waals surface area contributed by atoms with Crippen LogP contribution in [0.15, 0.2) is 16.9 Å². The third-order valence-corrected chi connectivity index (χ3v) is 6.80. The predicted molar refractivity (Wildman–Crippen MR) is 142 cm³/mol. The van der Waals surface area contributed by atoms with Crippen molar-refractivity contribution in [1.29, 1.82) is 0 Å². The number of carbonyl (C=O) groups is 2. The molecule has 38 heavy (non-hydrogen) atoms. The van der Waals surface area contributed by atoms with Crippen molar-refractivity contribution in [2.45, 2.75) is 84.4 Å². The summed E-state index contributed by atoms with van der Waals surface area (Å²) in [7, 11) is 0. The molecule has 1 N–H and O–H groups in total. The van der Waals surface area contributed by atoms with E-state index in [2.05, 4.69) is 30.3 Å². The van der Waals surface area contributed by atoms with Crippen LogP contribution in [0.2, 0.25) is 0 Å². The van der Waals surface area contributed by atoms with Crippen LogP contribution in [0.25, 0.3) is 0 Å². The van der Waals surface area contributed by atoms with Crippen LogP contribution in [-0.2, 0) is 4.74 Å². The van der Waals surface area contributed by atoms with Gasteiger partial charge < -0.3 is 29.3 Å². The molecule has 1 atom stereocenters. The van der Waals surface area contributed by atoms with Crippen LogP contribution >= 0.6 is 0 Å². The van der Waals surface area contributed by atoms with Gasteiger partial charge in [0.1, 0.15) is 5.60 Å². The van der Waals surface area contributed by atoms with E-state index >= 15 is 0 Å². The Kier molecular flexibility index (Phi) is 8.37.